The smallest absolute Gasteiger partial charge is 0.671 e. The van der Waals surface area contributed by atoms with Gasteiger partial charge in [-0.1, -0.05) is 49.2 Å². The summed E-state index contributed by atoms with van der Waals surface area (Å²) < 4.78 is 0. The quantitative estimate of drug-likeness (QED) is 0.525. The number of rotatable bonds is 2. The van der Waals surface area contributed by atoms with Gasteiger partial charge in [0.05, 0.1) is 0 Å². The van der Waals surface area contributed by atoms with E-state index in [0.717, 1.165) is 12.0 Å². The minimum absolute atomic E-state index is 0. The zero-order valence-electron chi connectivity index (χ0n) is 7.17. The molecule has 0 aliphatic heterocycles. The second kappa shape index (κ2) is 5.43. The standard InChI is InChI=1S/C9H12N.Li/c1-2-9(10)8-6-4-3-5-7-8;/h3-7,9-10H,2H2,1H3;/q-1;+1. The van der Waals surface area contributed by atoms with E-state index < -0.39 is 0 Å². The van der Waals surface area contributed by atoms with Crippen LogP contribution in [0.3, 0.4) is 0 Å². The third-order valence-electron chi connectivity index (χ3n) is 1.61. The zero-order valence-corrected chi connectivity index (χ0v) is 7.17. The molecule has 1 nitrogen and oxygen atoms in total. The second-order valence-electron chi connectivity index (χ2n) is 2.37. The molecule has 0 aliphatic carbocycles. The molecule has 1 unspecified atom stereocenters. The predicted octanol–water partition coefficient (Wildman–Crippen LogP) is 0.194. The average molecular weight is 141 g/mol. The van der Waals surface area contributed by atoms with Gasteiger partial charge in [-0.25, -0.2) is 0 Å². The van der Waals surface area contributed by atoms with Crippen molar-refractivity contribution in [2.75, 3.05) is 0 Å². The molecular formula is C9H12LiN. The molecule has 0 amide bonds. The zero-order chi connectivity index (χ0) is 7.40. The van der Waals surface area contributed by atoms with Crippen LogP contribution in [-0.2, 0) is 0 Å². The van der Waals surface area contributed by atoms with Gasteiger partial charge >= 0.3 is 18.9 Å². The molecule has 1 rings (SSSR count). The fourth-order valence-corrected chi connectivity index (χ4v) is 0.921. The van der Waals surface area contributed by atoms with E-state index in [1.54, 1.807) is 0 Å². The van der Waals surface area contributed by atoms with E-state index in [-0.39, 0.29) is 24.9 Å². The van der Waals surface area contributed by atoms with Crippen molar-refractivity contribution in [3.8, 4) is 0 Å². The third-order valence-corrected chi connectivity index (χ3v) is 1.61. The predicted molar refractivity (Wildman–Crippen MR) is 43.8 cm³/mol. The van der Waals surface area contributed by atoms with Crippen molar-refractivity contribution in [3.63, 3.8) is 0 Å². The first kappa shape index (κ1) is 10.8. The van der Waals surface area contributed by atoms with E-state index in [1.807, 2.05) is 37.3 Å². The summed E-state index contributed by atoms with van der Waals surface area (Å²) >= 11 is 0. The van der Waals surface area contributed by atoms with Crippen LogP contribution in [0.2, 0.25) is 0 Å². The summed E-state index contributed by atoms with van der Waals surface area (Å²) in [5, 5.41) is 0. The number of benzene rings is 1. The summed E-state index contributed by atoms with van der Waals surface area (Å²) in [4.78, 5) is 0. The average Bonchev–Trinajstić information content (AvgIpc) is 2.05. The van der Waals surface area contributed by atoms with Gasteiger partial charge in [-0.15, -0.1) is 6.04 Å². The molecule has 0 aliphatic rings. The first-order chi connectivity index (χ1) is 4.84. The first-order valence-corrected chi connectivity index (χ1v) is 3.60. The normalized spacial score (nSPS) is 11.8. The van der Waals surface area contributed by atoms with Crippen LogP contribution in [-0.4, -0.2) is 0 Å². The number of hydrogen-bond acceptors (Lipinski definition) is 0. The van der Waals surface area contributed by atoms with Crippen molar-refractivity contribution in [2.45, 2.75) is 19.4 Å². The number of hydrogen-bond donors (Lipinski definition) is 0. The fraction of sp³-hybridized carbons (Fsp3) is 0.333. The Hall–Kier alpha value is -0.223. The fourth-order valence-electron chi connectivity index (χ4n) is 0.921. The van der Waals surface area contributed by atoms with Gasteiger partial charge in [0.1, 0.15) is 0 Å². The molecule has 0 bridgehead atoms. The van der Waals surface area contributed by atoms with Gasteiger partial charge in [-0.2, -0.15) is 0 Å². The summed E-state index contributed by atoms with van der Waals surface area (Å²) in [6, 6.07) is 9.90. The molecule has 1 atom stereocenters. The molecule has 1 N–H and O–H groups in total. The topological polar surface area (TPSA) is 23.8 Å². The Balaban J connectivity index is 0.000001000. The molecule has 1 aromatic carbocycles. The van der Waals surface area contributed by atoms with E-state index in [1.165, 1.54) is 0 Å². The van der Waals surface area contributed by atoms with Crippen LogP contribution in [0.1, 0.15) is 24.9 Å². The Kier molecular flexibility index (Phi) is 5.32. The van der Waals surface area contributed by atoms with Crippen molar-refractivity contribution in [1.29, 1.82) is 0 Å². The van der Waals surface area contributed by atoms with E-state index in [9.17, 15) is 0 Å². The van der Waals surface area contributed by atoms with E-state index in [2.05, 4.69) is 0 Å². The van der Waals surface area contributed by atoms with Crippen molar-refractivity contribution in [3.05, 3.63) is 41.6 Å². The molecule has 0 spiro atoms. The molecule has 11 heavy (non-hydrogen) atoms. The van der Waals surface area contributed by atoms with Crippen molar-refractivity contribution < 1.29 is 18.9 Å². The largest absolute Gasteiger partial charge is 1.00 e. The molecular weight excluding hydrogens is 129 g/mol. The Morgan fingerprint density at radius 2 is 1.82 bits per heavy atom. The maximum atomic E-state index is 7.56. The number of nitrogens with one attached hydrogen (secondary N) is 1. The van der Waals surface area contributed by atoms with Gasteiger partial charge in [0.2, 0.25) is 0 Å². The molecule has 0 saturated carbocycles. The van der Waals surface area contributed by atoms with E-state index >= 15 is 0 Å². The maximum absolute atomic E-state index is 7.56. The van der Waals surface area contributed by atoms with Gasteiger partial charge in [0, 0.05) is 0 Å². The minimum Gasteiger partial charge on any atom is -0.671 e. The second-order valence-corrected chi connectivity index (χ2v) is 2.37. The molecule has 1 aromatic rings. The molecule has 0 heterocycles. The Morgan fingerprint density at radius 3 is 2.27 bits per heavy atom. The van der Waals surface area contributed by atoms with Crippen LogP contribution in [0, 0.1) is 0 Å². The SMILES string of the molecule is CCC([NH-])c1ccccc1.[Li+]. The minimum atomic E-state index is -0.0406. The van der Waals surface area contributed by atoms with Crippen molar-refractivity contribution in [2.24, 2.45) is 0 Å². The van der Waals surface area contributed by atoms with Gasteiger partial charge < -0.3 is 5.73 Å². The summed E-state index contributed by atoms with van der Waals surface area (Å²) in [6.07, 6.45) is 0.893. The van der Waals surface area contributed by atoms with Crippen LogP contribution in [0.4, 0.5) is 0 Å². The van der Waals surface area contributed by atoms with Crippen molar-refractivity contribution >= 4 is 0 Å². The van der Waals surface area contributed by atoms with Crippen LogP contribution in [0.25, 0.3) is 5.73 Å². The van der Waals surface area contributed by atoms with Crippen LogP contribution in [0.15, 0.2) is 30.3 Å². The summed E-state index contributed by atoms with van der Waals surface area (Å²) in [7, 11) is 0. The molecule has 0 fully saturated rings. The Morgan fingerprint density at radius 1 is 1.27 bits per heavy atom. The first-order valence-electron chi connectivity index (χ1n) is 3.60. The van der Waals surface area contributed by atoms with Gasteiger partial charge in [0.15, 0.2) is 0 Å². The molecule has 0 radical (unpaired) electrons. The molecule has 0 aromatic heterocycles. The van der Waals surface area contributed by atoms with Gasteiger partial charge in [-0.3, -0.25) is 0 Å². The summed E-state index contributed by atoms with van der Waals surface area (Å²) in [5.74, 6) is 0. The summed E-state index contributed by atoms with van der Waals surface area (Å²) in [5.41, 5.74) is 8.68. The van der Waals surface area contributed by atoms with Crippen LogP contribution < -0.4 is 18.9 Å². The molecule has 2 heteroatoms. The summed E-state index contributed by atoms with van der Waals surface area (Å²) in [6.45, 7) is 2.03. The molecule has 0 saturated heterocycles. The van der Waals surface area contributed by atoms with E-state index in [0.29, 0.717) is 0 Å². The van der Waals surface area contributed by atoms with Crippen LogP contribution in [0.5, 0.6) is 0 Å². The van der Waals surface area contributed by atoms with Gasteiger partial charge in [0.25, 0.3) is 0 Å². The third kappa shape index (κ3) is 3.12. The Labute approximate surface area is 80.2 Å². The molecule has 54 valence electrons. The van der Waals surface area contributed by atoms with Crippen molar-refractivity contribution in [1.82, 2.24) is 0 Å². The Bertz CT molecular complexity index is 186. The van der Waals surface area contributed by atoms with E-state index in [4.69, 9.17) is 5.73 Å². The maximum Gasteiger partial charge on any atom is 1.00 e. The monoisotopic (exact) mass is 141 g/mol. The van der Waals surface area contributed by atoms with Gasteiger partial charge in [-0.05, 0) is 0 Å². The van der Waals surface area contributed by atoms with Crippen LogP contribution >= 0.6 is 0 Å².